The van der Waals surface area contributed by atoms with Gasteiger partial charge in [-0.25, -0.2) is 0 Å². The van der Waals surface area contributed by atoms with Gasteiger partial charge in [-0.3, -0.25) is 0 Å². The van der Waals surface area contributed by atoms with Gasteiger partial charge in [-0.1, -0.05) is 59.3 Å². The van der Waals surface area contributed by atoms with Crippen molar-refractivity contribution >= 4 is 0 Å². The SMILES string of the molecule is CC1CCC(C)C1C(C)C1CCCC1. The molecule has 0 nitrogen and oxygen atoms in total. The summed E-state index contributed by atoms with van der Waals surface area (Å²) in [4.78, 5) is 0. The van der Waals surface area contributed by atoms with Crippen molar-refractivity contribution in [3.05, 3.63) is 0 Å². The monoisotopic (exact) mass is 194 g/mol. The van der Waals surface area contributed by atoms with Crippen molar-refractivity contribution in [2.24, 2.45) is 29.6 Å². The molecule has 0 radical (unpaired) electrons. The standard InChI is InChI=1S/C14H26/c1-10-8-9-11(2)14(10)12(3)13-6-4-5-7-13/h10-14H,4-9H2,1-3H3. The highest BCUT2D eigenvalue weighted by Gasteiger charge is 2.37. The Morgan fingerprint density at radius 3 is 1.86 bits per heavy atom. The van der Waals surface area contributed by atoms with E-state index in [1.807, 2.05) is 0 Å². The summed E-state index contributed by atoms with van der Waals surface area (Å²) in [6, 6.07) is 0. The molecule has 82 valence electrons. The summed E-state index contributed by atoms with van der Waals surface area (Å²) in [5.74, 6) is 5.12. The number of hydrogen-bond donors (Lipinski definition) is 0. The van der Waals surface area contributed by atoms with Gasteiger partial charge in [0, 0.05) is 0 Å². The lowest BCUT2D eigenvalue weighted by molar-refractivity contribution is 0.174. The fraction of sp³-hybridized carbons (Fsp3) is 1.00. The largest absolute Gasteiger partial charge is 0.0622 e. The second-order valence-electron chi connectivity index (χ2n) is 6.01. The average molecular weight is 194 g/mol. The molecule has 0 aliphatic heterocycles. The molecule has 0 heteroatoms. The smallest absolute Gasteiger partial charge is 0.0334 e. The topological polar surface area (TPSA) is 0 Å². The fourth-order valence-corrected chi connectivity index (χ4v) is 4.31. The maximum Gasteiger partial charge on any atom is -0.0334 e. The van der Waals surface area contributed by atoms with Gasteiger partial charge in [-0.15, -0.1) is 0 Å². The summed E-state index contributed by atoms with van der Waals surface area (Å²) >= 11 is 0. The maximum atomic E-state index is 2.54. The molecule has 0 spiro atoms. The molecule has 0 amide bonds. The lowest BCUT2D eigenvalue weighted by Crippen LogP contribution is -2.25. The van der Waals surface area contributed by atoms with Crippen molar-refractivity contribution in [2.75, 3.05) is 0 Å². The Morgan fingerprint density at radius 2 is 1.36 bits per heavy atom. The van der Waals surface area contributed by atoms with E-state index in [0.717, 1.165) is 29.6 Å². The molecule has 2 rings (SSSR count). The van der Waals surface area contributed by atoms with Crippen molar-refractivity contribution in [1.29, 1.82) is 0 Å². The molecule has 2 aliphatic rings. The number of hydrogen-bond acceptors (Lipinski definition) is 0. The minimum Gasteiger partial charge on any atom is -0.0622 e. The highest BCUT2D eigenvalue weighted by molar-refractivity contribution is 4.87. The van der Waals surface area contributed by atoms with Crippen LogP contribution in [-0.4, -0.2) is 0 Å². The Hall–Kier alpha value is 0. The first-order valence-electron chi connectivity index (χ1n) is 6.70. The van der Waals surface area contributed by atoms with Crippen LogP contribution in [0.15, 0.2) is 0 Å². The predicted octanol–water partition coefficient (Wildman–Crippen LogP) is 4.49. The van der Waals surface area contributed by atoms with E-state index in [2.05, 4.69) is 20.8 Å². The minimum absolute atomic E-state index is 1.00. The normalized spacial score (nSPS) is 41.8. The van der Waals surface area contributed by atoms with Crippen LogP contribution in [0, 0.1) is 29.6 Å². The van der Waals surface area contributed by atoms with Crippen molar-refractivity contribution in [3.8, 4) is 0 Å². The van der Waals surface area contributed by atoms with E-state index in [1.54, 1.807) is 0 Å². The Bertz CT molecular complexity index is 168. The molecule has 0 saturated heterocycles. The Morgan fingerprint density at radius 1 is 0.857 bits per heavy atom. The Balaban J connectivity index is 1.98. The third-order valence-corrected chi connectivity index (χ3v) is 5.14. The van der Waals surface area contributed by atoms with Crippen molar-refractivity contribution in [1.82, 2.24) is 0 Å². The fourth-order valence-electron chi connectivity index (χ4n) is 4.31. The lowest BCUT2D eigenvalue weighted by atomic mass is 9.74. The molecular weight excluding hydrogens is 168 g/mol. The first kappa shape index (κ1) is 10.5. The summed E-state index contributed by atoms with van der Waals surface area (Å²) in [5.41, 5.74) is 0. The van der Waals surface area contributed by atoms with Crippen LogP contribution >= 0.6 is 0 Å². The van der Waals surface area contributed by atoms with E-state index < -0.39 is 0 Å². The minimum atomic E-state index is 1.00. The summed E-state index contributed by atoms with van der Waals surface area (Å²) in [5, 5.41) is 0. The molecule has 3 atom stereocenters. The van der Waals surface area contributed by atoms with Crippen LogP contribution in [0.2, 0.25) is 0 Å². The zero-order chi connectivity index (χ0) is 10.1. The maximum absolute atomic E-state index is 2.54. The first-order chi connectivity index (χ1) is 6.70. The van der Waals surface area contributed by atoms with Crippen LogP contribution < -0.4 is 0 Å². The molecule has 0 heterocycles. The first-order valence-corrected chi connectivity index (χ1v) is 6.70. The van der Waals surface area contributed by atoms with E-state index >= 15 is 0 Å². The molecule has 2 fully saturated rings. The van der Waals surface area contributed by atoms with E-state index in [0.29, 0.717) is 0 Å². The summed E-state index contributed by atoms with van der Waals surface area (Å²) in [6.07, 6.45) is 9.04. The molecule has 0 bridgehead atoms. The molecule has 0 aromatic heterocycles. The van der Waals surface area contributed by atoms with Crippen LogP contribution in [0.3, 0.4) is 0 Å². The zero-order valence-corrected chi connectivity index (χ0v) is 10.1. The summed E-state index contributed by atoms with van der Waals surface area (Å²) in [6.45, 7) is 7.51. The zero-order valence-electron chi connectivity index (χ0n) is 10.1. The van der Waals surface area contributed by atoms with Gasteiger partial charge in [0.2, 0.25) is 0 Å². The molecular formula is C14H26. The van der Waals surface area contributed by atoms with Crippen molar-refractivity contribution in [3.63, 3.8) is 0 Å². The molecule has 2 saturated carbocycles. The van der Waals surface area contributed by atoms with Crippen LogP contribution in [-0.2, 0) is 0 Å². The third kappa shape index (κ3) is 1.85. The predicted molar refractivity (Wildman–Crippen MR) is 62.2 cm³/mol. The van der Waals surface area contributed by atoms with Crippen molar-refractivity contribution < 1.29 is 0 Å². The average Bonchev–Trinajstić information content (AvgIpc) is 2.75. The van der Waals surface area contributed by atoms with Gasteiger partial charge in [-0.05, 0) is 29.6 Å². The van der Waals surface area contributed by atoms with Crippen LogP contribution in [0.1, 0.15) is 59.3 Å². The number of rotatable bonds is 2. The van der Waals surface area contributed by atoms with Gasteiger partial charge in [0.25, 0.3) is 0 Å². The highest BCUT2D eigenvalue weighted by Crippen LogP contribution is 2.46. The van der Waals surface area contributed by atoms with Crippen molar-refractivity contribution in [2.45, 2.75) is 59.3 Å². The van der Waals surface area contributed by atoms with Crippen LogP contribution in [0.5, 0.6) is 0 Å². The summed E-state index contributed by atoms with van der Waals surface area (Å²) in [7, 11) is 0. The second kappa shape index (κ2) is 4.24. The lowest BCUT2D eigenvalue weighted by Gasteiger charge is -2.31. The van der Waals surface area contributed by atoms with Gasteiger partial charge in [-0.2, -0.15) is 0 Å². The molecule has 3 unspecified atom stereocenters. The Labute approximate surface area is 89.5 Å². The van der Waals surface area contributed by atoms with E-state index in [1.165, 1.54) is 38.5 Å². The van der Waals surface area contributed by atoms with Gasteiger partial charge in [0.15, 0.2) is 0 Å². The second-order valence-corrected chi connectivity index (χ2v) is 6.01. The van der Waals surface area contributed by atoms with E-state index in [4.69, 9.17) is 0 Å². The van der Waals surface area contributed by atoms with Crippen LogP contribution in [0.25, 0.3) is 0 Å². The Kier molecular flexibility index (Phi) is 3.19. The van der Waals surface area contributed by atoms with Gasteiger partial charge in [0.1, 0.15) is 0 Å². The third-order valence-electron chi connectivity index (χ3n) is 5.14. The summed E-state index contributed by atoms with van der Waals surface area (Å²) < 4.78 is 0. The van der Waals surface area contributed by atoms with E-state index in [-0.39, 0.29) is 0 Å². The molecule has 2 aliphatic carbocycles. The molecule has 0 aromatic rings. The van der Waals surface area contributed by atoms with Gasteiger partial charge in [0.05, 0.1) is 0 Å². The highest BCUT2D eigenvalue weighted by atomic mass is 14.4. The quantitative estimate of drug-likeness (QED) is 0.607. The van der Waals surface area contributed by atoms with Crippen LogP contribution in [0.4, 0.5) is 0 Å². The van der Waals surface area contributed by atoms with Gasteiger partial charge >= 0.3 is 0 Å². The molecule has 0 N–H and O–H groups in total. The molecule has 0 aromatic carbocycles. The van der Waals surface area contributed by atoms with E-state index in [9.17, 15) is 0 Å². The van der Waals surface area contributed by atoms with Gasteiger partial charge < -0.3 is 0 Å². The molecule has 14 heavy (non-hydrogen) atoms.